The summed E-state index contributed by atoms with van der Waals surface area (Å²) in [6.07, 6.45) is 0. The highest BCUT2D eigenvalue weighted by Crippen LogP contribution is 2.53. The number of thiophene rings is 1. The van der Waals surface area contributed by atoms with Crippen molar-refractivity contribution in [3.63, 3.8) is 0 Å². The first-order chi connectivity index (χ1) is 20.1. The lowest BCUT2D eigenvalue weighted by molar-refractivity contribution is 0.664. The van der Waals surface area contributed by atoms with Gasteiger partial charge in [0.15, 0.2) is 0 Å². The summed E-state index contributed by atoms with van der Waals surface area (Å²) in [5.74, 6) is 0. The molecule has 41 heavy (non-hydrogen) atoms. The van der Waals surface area contributed by atoms with Crippen LogP contribution in [0.25, 0.3) is 69.9 Å². The first-order valence-electron chi connectivity index (χ1n) is 14.3. The van der Waals surface area contributed by atoms with Gasteiger partial charge in [0, 0.05) is 42.0 Å². The molecule has 6 aromatic carbocycles. The third kappa shape index (κ3) is 3.06. The highest BCUT2D eigenvalue weighted by molar-refractivity contribution is 7.25. The van der Waals surface area contributed by atoms with Gasteiger partial charge < -0.3 is 4.57 Å². The Labute approximate surface area is 242 Å². The summed E-state index contributed by atoms with van der Waals surface area (Å²) in [5.41, 5.74) is 11.8. The van der Waals surface area contributed by atoms with E-state index in [2.05, 4.69) is 146 Å². The molecule has 1 aliphatic rings. The molecule has 0 radical (unpaired) electrons. The van der Waals surface area contributed by atoms with Crippen molar-refractivity contribution in [2.24, 2.45) is 0 Å². The van der Waals surface area contributed by atoms with Gasteiger partial charge in [0.05, 0.1) is 11.0 Å². The Morgan fingerprint density at radius 1 is 0.537 bits per heavy atom. The van der Waals surface area contributed by atoms with Crippen LogP contribution in [0, 0.1) is 0 Å². The Balaban J connectivity index is 1.30. The molecule has 0 amide bonds. The minimum atomic E-state index is -0.0901. The molecule has 1 nitrogen and oxygen atoms in total. The SMILES string of the molecule is CC1(C)c2ccccc2-c2ccc3c4ccccc4n(-c4ccc(-c5cccc6sc7ccccc7c56)cc4)c3c21. The Hall–Kier alpha value is -4.66. The molecule has 8 aromatic rings. The van der Waals surface area contributed by atoms with Crippen LogP contribution in [0.4, 0.5) is 0 Å². The first-order valence-corrected chi connectivity index (χ1v) is 15.1. The van der Waals surface area contributed by atoms with Gasteiger partial charge in [-0.15, -0.1) is 11.3 Å². The number of nitrogens with zero attached hydrogens (tertiary/aromatic N) is 1. The van der Waals surface area contributed by atoms with Gasteiger partial charge in [-0.3, -0.25) is 0 Å². The zero-order chi connectivity index (χ0) is 27.3. The van der Waals surface area contributed by atoms with Crippen LogP contribution >= 0.6 is 11.3 Å². The van der Waals surface area contributed by atoms with E-state index in [9.17, 15) is 0 Å². The summed E-state index contributed by atoms with van der Waals surface area (Å²) in [6, 6.07) is 47.2. The molecule has 0 aliphatic heterocycles. The van der Waals surface area contributed by atoms with Gasteiger partial charge in [-0.1, -0.05) is 111 Å². The van der Waals surface area contributed by atoms with Crippen LogP contribution < -0.4 is 0 Å². The molecule has 1 aliphatic carbocycles. The lowest BCUT2D eigenvalue weighted by Crippen LogP contribution is -2.16. The standard InChI is InChI=1S/C39H27NS/c1-39(2)32-14-6-3-10-27(32)29-22-23-30-28-11-4-7-15-33(28)40(38(30)37(29)39)25-20-18-24(19-21-25)26-13-9-17-35-36(26)31-12-5-8-16-34(31)41-35/h3-23H,1-2H3. The Kier molecular flexibility index (Phi) is 4.61. The maximum absolute atomic E-state index is 2.50. The Bertz CT molecular complexity index is 2330. The maximum atomic E-state index is 2.50. The van der Waals surface area contributed by atoms with Crippen LogP contribution in [0.15, 0.2) is 127 Å². The third-order valence-corrected chi connectivity index (χ3v) is 10.3. The van der Waals surface area contributed by atoms with Crippen molar-refractivity contribution in [3.8, 4) is 27.9 Å². The van der Waals surface area contributed by atoms with Gasteiger partial charge in [0.25, 0.3) is 0 Å². The van der Waals surface area contributed by atoms with E-state index >= 15 is 0 Å². The van der Waals surface area contributed by atoms with E-state index in [4.69, 9.17) is 0 Å². The van der Waals surface area contributed by atoms with Crippen LogP contribution in [0.2, 0.25) is 0 Å². The fourth-order valence-electron chi connectivity index (χ4n) is 7.39. The number of benzene rings is 6. The molecule has 0 fully saturated rings. The average molecular weight is 542 g/mol. The van der Waals surface area contributed by atoms with E-state index < -0.39 is 0 Å². The van der Waals surface area contributed by atoms with Crippen LogP contribution in [0.3, 0.4) is 0 Å². The number of hydrogen-bond donors (Lipinski definition) is 0. The second kappa shape index (κ2) is 8.19. The molecular formula is C39H27NS. The molecule has 0 atom stereocenters. The molecule has 194 valence electrons. The summed E-state index contributed by atoms with van der Waals surface area (Å²) >= 11 is 1.88. The van der Waals surface area contributed by atoms with E-state index in [1.165, 1.54) is 81.0 Å². The molecular weight excluding hydrogens is 515 g/mol. The highest BCUT2D eigenvalue weighted by atomic mass is 32.1. The van der Waals surface area contributed by atoms with Crippen molar-refractivity contribution in [1.29, 1.82) is 0 Å². The number of fused-ring (bicyclic) bond motifs is 10. The van der Waals surface area contributed by atoms with Crippen molar-refractivity contribution < 1.29 is 0 Å². The highest BCUT2D eigenvalue weighted by Gasteiger charge is 2.38. The zero-order valence-electron chi connectivity index (χ0n) is 23.0. The van der Waals surface area contributed by atoms with Crippen LogP contribution in [-0.2, 0) is 5.41 Å². The molecule has 0 unspecified atom stereocenters. The van der Waals surface area contributed by atoms with Gasteiger partial charge in [-0.25, -0.2) is 0 Å². The van der Waals surface area contributed by atoms with Crippen LogP contribution in [0.1, 0.15) is 25.0 Å². The number of aromatic nitrogens is 1. The van der Waals surface area contributed by atoms with E-state index in [0.717, 1.165) is 0 Å². The number of para-hydroxylation sites is 1. The fraction of sp³-hybridized carbons (Fsp3) is 0.0769. The lowest BCUT2D eigenvalue weighted by Gasteiger charge is -2.23. The minimum Gasteiger partial charge on any atom is -0.309 e. The van der Waals surface area contributed by atoms with Gasteiger partial charge in [0.1, 0.15) is 0 Å². The van der Waals surface area contributed by atoms with Crippen molar-refractivity contribution >= 4 is 53.3 Å². The summed E-state index contributed by atoms with van der Waals surface area (Å²) in [5, 5.41) is 5.32. The van der Waals surface area contributed by atoms with Crippen molar-refractivity contribution in [2.45, 2.75) is 19.3 Å². The molecule has 0 bridgehead atoms. The van der Waals surface area contributed by atoms with E-state index in [0.29, 0.717) is 0 Å². The second-order valence-electron chi connectivity index (χ2n) is 11.7. The summed E-state index contributed by atoms with van der Waals surface area (Å²) in [7, 11) is 0. The average Bonchev–Trinajstić information content (AvgIpc) is 3.63. The summed E-state index contributed by atoms with van der Waals surface area (Å²) in [6.45, 7) is 4.77. The second-order valence-corrected chi connectivity index (χ2v) is 12.8. The molecule has 0 N–H and O–H groups in total. The van der Waals surface area contributed by atoms with E-state index in [1.807, 2.05) is 11.3 Å². The number of rotatable bonds is 2. The van der Waals surface area contributed by atoms with Gasteiger partial charge in [0.2, 0.25) is 0 Å². The monoisotopic (exact) mass is 541 g/mol. The Morgan fingerprint density at radius 3 is 2.12 bits per heavy atom. The van der Waals surface area contributed by atoms with Gasteiger partial charge >= 0.3 is 0 Å². The molecule has 0 spiro atoms. The molecule has 2 heteroatoms. The zero-order valence-corrected chi connectivity index (χ0v) is 23.8. The minimum absolute atomic E-state index is 0.0901. The fourth-order valence-corrected chi connectivity index (χ4v) is 8.52. The first kappa shape index (κ1) is 23.1. The van der Waals surface area contributed by atoms with Gasteiger partial charge in [-0.2, -0.15) is 0 Å². The van der Waals surface area contributed by atoms with Crippen molar-refractivity contribution in [1.82, 2.24) is 4.57 Å². The maximum Gasteiger partial charge on any atom is 0.0588 e. The predicted octanol–water partition coefficient (Wildman–Crippen LogP) is 11.1. The van der Waals surface area contributed by atoms with E-state index in [-0.39, 0.29) is 5.41 Å². The van der Waals surface area contributed by atoms with Crippen LogP contribution in [0.5, 0.6) is 0 Å². The topological polar surface area (TPSA) is 4.93 Å². The summed E-state index contributed by atoms with van der Waals surface area (Å²) in [4.78, 5) is 0. The normalized spacial score (nSPS) is 13.8. The summed E-state index contributed by atoms with van der Waals surface area (Å²) < 4.78 is 5.18. The quantitative estimate of drug-likeness (QED) is 0.205. The largest absolute Gasteiger partial charge is 0.309 e. The smallest absolute Gasteiger partial charge is 0.0588 e. The Morgan fingerprint density at radius 2 is 1.24 bits per heavy atom. The van der Waals surface area contributed by atoms with E-state index in [1.54, 1.807) is 0 Å². The molecule has 0 saturated carbocycles. The van der Waals surface area contributed by atoms with Gasteiger partial charge in [-0.05, 0) is 63.7 Å². The number of hydrogen-bond acceptors (Lipinski definition) is 1. The molecule has 0 saturated heterocycles. The van der Waals surface area contributed by atoms with Crippen LogP contribution in [-0.4, -0.2) is 4.57 Å². The van der Waals surface area contributed by atoms with Crippen molar-refractivity contribution in [2.75, 3.05) is 0 Å². The van der Waals surface area contributed by atoms with Crippen molar-refractivity contribution in [3.05, 3.63) is 139 Å². The predicted molar refractivity (Wildman–Crippen MR) is 177 cm³/mol. The lowest BCUT2D eigenvalue weighted by atomic mass is 9.81. The third-order valence-electron chi connectivity index (χ3n) is 9.19. The molecule has 2 aromatic heterocycles. The molecule has 9 rings (SSSR count). The molecule has 2 heterocycles.